The van der Waals surface area contributed by atoms with Crippen molar-refractivity contribution in [2.24, 2.45) is 5.92 Å². The number of carboxylic acid groups (broad SMARTS) is 1. The fraction of sp³-hybridized carbons (Fsp3) is 0.529. The molecule has 2 aromatic carbocycles. The van der Waals surface area contributed by atoms with E-state index in [0.29, 0.717) is 36.6 Å². The van der Waals surface area contributed by atoms with Crippen molar-refractivity contribution in [3.63, 3.8) is 0 Å². The number of fused-ring (bicyclic) bond motifs is 5. The first-order valence-corrected chi connectivity index (χ1v) is 28.7. The molecule has 15 nitrogen and oxygen atoms in total. The summed E-state index contributed by atoms with van der Waals surface area (Å²) in [6.07, 6.45) is 24.9. The Morgan fingerprint density at radius 1 is 0.783 bits per heavy atom. The van der Waals surface area contributed by atoms with Crippen molar-refractivity contribution in [1.82, 2.24) is 10.6 Å². The number of unbranched alkanes of at least 4 members (excludes halogenated alkanes) is 2. The number of rotatable bonds is 12. The number of nitrogens with zero attached hydrogens (tertiary/aromatic N) is 2. The molecular formula is C51H73N4O11S3+. The average molecular weight is 1010 g/mol. The van der Waals surface area contributed by atoms with E-state index in [1.807, 2.05) is 68.2 Å². The zero-order valence-electron chi connectivity index (χ0n) is 40.4. The number of benzene rings is 2. The number of allylic oxidation sites excluding steroid dienone is 9. The summed E-state index contributed by atoms with van der Waals surface area (Å²) >= 11 is 0. The van der Waals surface area contributed by atoms with Crippen LogP contribution in [0.15, 0.2) is 107 Å². The van der Waals surface area contributed by atoms with E-state index in [0.717, 1.165) is 119 Å². The zero-order chi connectivity index (χ0) is 50.5. The molecule has 0 amide bonds. The fourth-order valence-electron chi connectivity index (χ4n) is 9.86. The van der Waals surface area contributed by atoms with Crippen LogP contribution in [0.4, 0.5) is 11.4 Å². The third kappa shape index (κ3) is 15.8. The Labute approximate surface area is 410 Å². The van der Waals surface area contributed by atoms with Crippen LogP contribution >= 0.6 is 0 Å². The Morgan fingerprint density at radius 3 is 2.16 bits per heavy atom. The number of hydrogen-bond donors (Lipinski definition) is 6. The molecule has 0 spiro atoms. The number of carbonyl (C=O) groups is 1. The molecule has 0 saturated carbocycles. The molecule has 5 rings (SSSR count). The van der Waals surface area contributed by atoms with Crippen LogP contribution in [0, 0.1) is 5.92 Å². The summed E-state index contributed by atoms with van der Waals surface area (Å²) in [7, 11) is -13.2. The maximum Gasteiger partial charge on any atom is 0.303 e. The second-order valence-electron chi connectivity index (χ2n) is 19.3. The first-order chi connectivity index (χ1) is 32.5. The molecule has 0 aliphatic carbocycles. The van der Waals surface area contributed by atoms with E-state index in [1.54, 1.807) is 18.2 Å². The molecule has 18 heteroatoms. The number of hydrogen-bond acceptors (Lipinski definition) is 10. The normalized spacial score (nSPS) is 23.7. The highest BCUT2D eigenvalue weighted by Gasteiger charge is 2.45. The van der Waals surface area contributed by atoms with E-state index in [-0.39, 0.29) is 29.2 Å². The minimum absolute atomic E-state index is 0.108. The van der Waals surface area contributed by atoms with E-state index < -0.39 is 52.9 Å². The van der Waals surface area contributed by atoms with Crippen LogP contribution in [-0.2, 0) is 46.0 Å². The van der Waals surface area contributed by atoms with Gasteiger partial charge in [0, 0.05) is 66.1 Å². The summed E-state index contributed by atoms with van der Waals surface area (Å²) in [6.45, 7) is 13.7. The monoisotopic (exact) mass is 1010 g/mol. The molecule has 380 valence electrons. The number of nitrogens with one attached hydrogen (secondary N) is 2. The fourth-order valence-corrected chi connectivity index (χ4v) is 11.4. The van der Waals surface area contributed by atoms with Crippen LogP contribution in [0.25, 0.3) is 0 Å². The van der Waals surface area contributed by atoms with Gasteiger partial charge in [0.2, 0.25) is 5.69 Å². The lowest BCUT2D eigenvalue weighted by Gasteiger charge is -2.30. The van der Waals surface area contributed by atoms with Crippen molar-refractivity contribution in [2.45, 2.75) is 138 Å². The predicted molar refractivity (Wildman–Crippen MR) is 272 cm³/mol. The molecule has 3 aliphatic heterocycles. The summed E-state index contributed by atoms with van der Waals surface area (Å²) in [4.78, 5) is 12.7. The number of anilines is 1. The molecule has 0 fully saturated rings. The van der Waals surface area contributed by atoms with Gasteiger partial charge in [0.05, 0.1) is 21.0 Å². The molecule has 3 aliphatic rings. The summed E-state index contributed by atoms with van der Waals surface area (Å²) in [5.41, 5.74) is 4.49. The van der Waals surface area contributed by atoms with Gasteiger partial charge in [-0.1, -0.05) is 69.1 Å². The molecule has 3 heterocycles. The van der Waals surface area contributed by atoms with Crippen LogP contribution in [-0.4, -0.2) is 98.8 Å². The van der Waals surface area contributed by atoms with Crippen LogP contribution < -0.4 is 15.5 Å². The van der Waals surface area contributed by atoms with Crippen molar-refractivity contribution >= 4 is 53.4 Å². The van der Waals surface area contributed by atoms with Gasteiger partial charge in [0.15, 0.2) is 5.71 Å². The van der Waals surface area contributed by atoms with Crippen molar-refractivity contribution < 1.29 is 53.4 Å². The molecule has 0 radical (unpaired) electrons. The first-order valence-electron chi connectivity index (χ1n) is 24.2. The molecule has 2 unspecified atom stereocenters. The quantitative estimate of drug-likeness (QED) is 0.0662. The Hall–Kier alpha value is -4.43. The Morgan fingerprint density at radius 2 is 1.45 bits per heavy atom. The topological polar surface area (TPSA) is 231 Å². The molecule has 2 aromatic rings. The maximum absolute atomic E-state index is 12.4. The van der Waals surface area contributed by atoms with Crippen LogP contribution in [0.3, 0.4) is 0 Å². The molecule has 6 N–H and O–H groups in total. The highest BCUT2D eigenvalue weighted by atomic mass is 32.2. The molecular weight excluding hydrogens is 941 g/mol. The molecule has 0 saturated heterocycles. The minimum atomic E-state index is -4.54. The van der Waals surface area contributed by atoms with Gasteiger partial charge in [-0.3, -0.25) is 18.5 Å². The summed E-state index contributed by atoms with van der Waals surface area (Å²) in [5, 5.41) is 16.3. The summed E-state index contributed by atoms with van der Waals surface area (Å²) in [6, 6.07) is 9.21. The molecule has 69 heavy (non-hydrogen) atoms. The second-order valence-corrected chi connectivity index (χ2v) is 23.7. The van der Waals surface area contributed by atoms with Gasteiger partial charge in [-0.25, -0.2) is 0 Å². The van der Waals surface area contributed by atoms with Gasteiger partial charge in [-0.2, -0.15) is 29.8 Å². The Bertz CT molecular complexity index is 2650. The predicted octanol–water partition coefficient (Wildman–Crippen LogP) is 9.03. The third-order valence-corrected chi connectivity index (χ3v) is 16.1. The van der Waals surface area contributed by atoms with Gasteiger partial charge in [-0.05, 0) is 133 Å². The van der Waals surface area contributed by atoms with E-state index in [2.05, 4.69) is 21.8 Å². The minimum Gasteiger partial charge on any atom is -0.481 e. The van der Waals surface area contributed by atoms with E-state index in [4.69, 9.17) is 5.11 Å². The van der Waals surface area contributed by atoms with Gasteiger partial charge in [0.25, 0.3) is 30.4 Å². The lowest BCUT2D eigenvalue weighted by Crippen LogP contribution is -2.31. The molecule has 0 bridgehead atoms. The highest BCUT2D eigenvalue weighted by Crippen LogP contribution is 2.51. The summed E-state index contributed by atoms with van der Waals surface area (Å²) in [5.74, 6) is -0.907. The van der Waals surface area contributed by atoms with Crippen LogP contribution in [0.5, 0.6) is 0 Å². The number of carboxylic acids is 1. The van der Waals surface area contributed by atoms with Crippen molar-refractivity contribution in [3.8, 4) is 0 Å². The Kier molecular flexibility index (Phi) is 19.8. The van der Waals surface area contributed by atoms with E-state index in [9.17, 15) is 43.7 Å². The van der Waals surface area contributed by atoms with Gasteiger partial charge in [0.1, 0.15) is 6.54 Å². The van der Waals surface area contributed by atoms with E-state index >= 15 is 0 Å². The van der Waals surface area contributed by atoms with Crippen molar-refractivity contribution in [3.05, 3.63) is 108 Å². The van der Waals surface area contributed by atoms with Crippen molar-refractivity contribution in [1.29, 1.82) is 0 Å². The lowest BCUT2D eigenvalue weighted by molar-refractivity contribution is -0.438. The number of aliphatic carboxylic acids is 1. The zero-order valence-corrected chi connectivity index (χ0v) is 42.9. The average Bonchev–Trinajstić information content (AvgIpc) is 3.62. The standard InChI is InChI=1S/C51H72N4O11S3/c1-39-21-12-11-19-32-54-45-28-26-41(68(61,62)63)35-43(45)50(2,3)47(54)23-14-6-5-7-15-24-48-51(4,30-17-8-9-18-31-52-37-40(38-53-39)22-13-10-16-25-49(56)57)44-36-42(69(64,65)66)27-29-46(44)55(48)33-20-34-67(58,59)60/h5-7,14-15,23-24,26-29,35-36,40,52-53H,1,8-13,16-22,25,30-34,37-38H2,2-4H3,(H3-,56,57,58,59,60,61,62,63,64,65,66)/p+1. The second kappa shape index (κ2) is 24.6. The van der Waals surface area contributed by atoms with Gasteiger partial charge in [-0.15, -0.1) is 0 Å². The van der Waals surface area contributed by atoms with Crippen molar-refractivity contribution in [2.75, 3.05) is 43.4 Å². The first kappa shape index (κ1) is 55.5. The maximum atomic E-state index is 12.4. The highest BCUT2D eigenvalue weighted by molar-refractivity contribution is 7.86. The lowest BCUT2D eigenvalue weighted by atomic mass is 9.77. The summed E-state index contributed by atoms with van der Waals surface area (Å²) < 4.78 is 105. The van der Waals surface area contributed by atoms with Crippen LogP contribution in [0.2, 0.25) is 0 Å². The third-order valence-electron chi connectivity index (χ3n) is 13.6. The van der Waals surface area contributed by atoms with Gasteiger partial charge >= 0.3 is 5.97 Å². The van der Waals surface area contributed by atoms with Crippen LogP contribution in [0.1, 0.15) is 128 Å². The molecule has 0 aromatic heterocycles. The van der Waals surface area contributed by atoms with E-state index in [1.165, 1.54) is 18.2 Å². The largest absolute Gasteiger partial charge is 0.481 e. The Balaban J connectivity index is 1.46. The van der Waals surface area contributed by atoms with Gasteiger partial charge < -0.3 is 20.6 Å². The smallest absolute Gasteiger partial charge is 0.303 e. The molecule has 2 atom stereocenters. The SMILES string of the molecule is C=C1CCCCC[N+]2=C(/C=C/C=C/C=C/C=C3\N(CCCS(=O)(=O)O)c4ccc(S(=O)(=O)O)cc4C3(C)CCCCCCNCC(CCCCCC(=O)O)CN1)C(C)(C)c1cc(S(=O)(=O)O)ccc12.